The van der Waals surface area contributed by atoms with Crippen LogP contribution in [-0.4, -0.2) is 40.0 Å². The van der Waals surface area contributed by atoms with Gasteiger partial charge in [0, 0.05) is 42.4 Å². The maximum atomic E-state index is 13.0. The molecule has 29 heavy (non-hydrogen) atoms. The molecule has 1 aliphatic rings. The number of hydrogen-bond acceptors (Lipinski definition) is 5. The summed E-state index contributed by atoms with van der Waals surface area (Å²) < 4.78 is 43.7. The van der Waals surface area contributed by atoms with Crippen LogP contribution in [0.1, 0.15) is 44.3 Å². The summed E-state index contributed by atoms with van der Waals surface area (Å²) in [5, 5.41) is 13.8. The summed E-state index contributed by atoms with van der Waals surface area (Å²) in [5.41, 5.74) is 1.09. The molecule has 1 atom stereocenters. The minimum absolute atomic E-state index is 0.0744. The van der Waals surface area contributed by atoms with Crippen molar-refractivity contribution in [3.63, 3.8) is 0 Å². The van der Waals surface area contributed by atoms with Crippen molar-refractivity contribution in [3.8, 4) is 11.3 Å². The number of nitrogens with one attached hydrogen (secondary N) is 1. The van der Waals surface area contributed by atoms with Gasteiger partial charge < -0.3 is 15.2 Å². The van der Waals surface area contributed by atoms with Gasteiger partial charge in [-0.2, -0.15) is 13.2 Å². The lowest BCUT2D eigenvalue weighted by Gasteiger charge is -2.34. The zero-order valence-corrected chi connectivity index (χ0v) is 16.9. The highest BCUT2D eigenvalue weighted by Gasteiger charge is 2.41. The Balaban J connectivity index is 1.84. The molecule has 0 bridgehead atoms. The first-order valence-electron chi connectivity index (χ1n) is 9.29. The van der Waals surface area contributed by atoms with Gasteiger partial charge in [0.25, 0.3) is 0 Å². The van der Waals surface area contributed by atoms with Crippen molar-refractivity contribution in [1.82, 2.24) is 9.97 Å². The third-order valence-electron chi connectivity index (χ3n) is 5.19. The van der Waals surface area contributed by atoms with E-state index < -0.39 is 17.9 Å². The number of hydrogen-bond donors (Lipinski definition) is 2. The second-order valence-electron chi connectivity index (χ2n) is 7.60. The maximum absolute atomic E-state index is 13.0. The maximum Gasteiger partial charge on any atom is 0.418 e. The van der Waals surface area contributed by atoms with E-state index in [2.05, 4.69) is 20.0 Å². The lowest BCUT2D eigenvalue weighted by molar-refractivity contribution is -0.216. The van der Waals surface area contributed by atoms with Gasteiger partial charge in [-0.3, -0.25) is 4.98 Å². The van der Waals surface area contributed by atoms with Crippen LogP contribution in [0, 0.1) is 0 Å². The fourth-order valence-electron chi connectivity index (χ4n) is 3.54. The molecule has 2 aromatic heterocycles. The van der Waals surface area contributed by atoms with Crippen LogP contribution in [0.15, 0.2) is 30.6 Å². The van der Waals surface area contributed by atoms with E-state index in [-0.39, 0.29) is 11.6 Å². The molecule has 1 aliphatic carbocycles. The quantitative estimate of drug-likeness (QED) is 0.643. The van der Waals surface area contributed by atoms with Gasteiger partial charge in [0.2, 0.25) is 0 Å². The highest BCUT2D eigenvalue weighted by molar-refractivity contribution is 6.29. The number of pyridine rings is 2. The predicted octanol–water partition coefficient (Wildman–Crippen LogP) is 5.15. The van der Waals surface area contributed by atoms with Crippen molar-refractivity contribution in [1.29, 1.82) is 0 Å². The summed E-state index contributed by atoms with van der Waals surface area (Å²) in [6.07, 6.45) is -0.895. The number of nitrogens with zero attached hydrogens (tertiary/aromatic N) is 2. The first kappa shape index (κ1) is 21.8. The Morgan fingerprint density at radius 3 is 2.48 bits per heavy atom. The number of aromatic nitrogens is 2. The van der Waals surface area contributed by atoms with E-state index in [0.29, 0.717) is 34.9 Å². The zero-order chi connectivity index (χ0) is 21.2. The zero-order valence-electron chi connectivity index (χ0n) is 16.1. The molecule has 2 aromatic rings. The molecule has 0 amide bonds. The molecular formula is C20H23ClF3N3O2. The summed E-state index contributed by atoms with van der Waals surface area (Å²) >= 11 is 6.05. The monoisotopic (exact) mass is 429 g/mol. The predicted molar refractivity (Wildman–Crippen MR) is 105 cm³/mol. The summed E-state index contributed by atoms with van der Waals surface area (Å²) in [4.78, 5) is 8.28. The number of rotatable bonds is 5. The molecule has 0 spiro atoms. The van der Waals surface area contributed by atoms with Crippen LogP contribution < -0.4 is 5.32 Å². The van der Waals surface area contributed by atoms with Crippen LogP contribution in [0.25, 0.3) is 11.3 Å². The van der Waals surface area contributed by atoms with Gasteiger partial charge in [0.05, 0.1) is 11.3 Å². The largest absolute Gasteiger partial charge is 0.418 e. The minimum Gasteiger partial charge on any atom is -0.390 e. The number of ether oxygens (including phenoxy) is 1. The van der Waals surface area contributed by atoms with Crippen LogP contribution in [-0.2, 0) is 4.74 Å². The summed E-state index contributed by atoms with van der Waals surface area (Å²) in [6, 6.07) is 4.68. The average molecular weight is 430 g/mol. The van der Waals surface area contributed by atoms with E-state index in [0.717, 1.165) is 26.1 Å². The fourth-order valence-corrected chi connectivity index (χ4v) is 3.69. The number of anilines is 1. The van der Waals surface area contributed by atoms with Crippen LogP contribution in [0.5, 0.6) is 0 Å². The fraction of sp³-hybridized carbons (Fsp3) is 0.500. The van der Waals surface area contributed by atoms with E-state index in [1.165, 1.54) is 12.1 Å². The van der Waals surface area contributed by atoms with Crippen molar-refractivity contribution in [2.45, 2.75) is 56.5 Å². The number of alkyl halides is 3. The Labute approximate surface area is 172 Å². The van der Waals surface area contributed by atoms with Crippen molar-refractivity contribution >= 4 is 17.3 Å². The molecule has 0 aliphatic heterocycles. The van der Waals surface area contributed by atoms with Crippen molar-refractivity contribution in [3.05, 3.63) is 41.3 Å². The Hall–Kier alpha value is -1.90. The molecular weight excluding hydrogens is 407 g/mol. The normalized spacial score (nSPS) is 23.6. The molecule has 2 heterocycles. The van der Waals surface area contributed by atoms with Gasteiger partial charge in [-0.1, -0.05) is 17.7 Å². The lowest BCUT2D eigenvalue weighted by Crippen LogP contribution is -2.35. The van der Waals surface area contributed by atoms with Crippen LogP contribution in [0.3, 0.4) is 0 Å². The Bertz CT molecular complexity index is 834. The van der Waals surface area contributed by atoms with E-state index >= 15 is 0 Å². The molecule has 1 saturated carbocycles. The van der Waals surface area contributed by atoms with Crippen LogP contribution in [0.4, 0.5) is 18.9 Å². The Kier molecular flexibility index (Phi) is 6.36. The molecule has 158 valence electrons. The second-order valence-corrected chi connectivity index (χ2v) is 7.99. The first-order chi connectivity index (χ1) is 13.6. The SMILES string of the molecule is COC(c1ccc(-c2cnc(Cl)cc2NC2CCC(C)(O)CC2)nc1)C(F)(F)F. The van der Waals surface area contributed by atoms with Crippen molar-refractivity contribution in [2.24, 2.45) is 0 Å². The second kappa shape index (κ2) is 8.45. The average Bonchev–Trinajstić information content (AvgIpc) is 2.64. The van der Waals surface area contributed by atoms with Gasteiger partial charge in [-0.15, -0.1) is 0 Å². The van der Waals surface area contributed by atoms with Gasteiger partial charge >= 0.3 is 6.18 Å². The van der Waals surface area contributed by atoms with Crippen molar-refractivity contribution in [2.75, 3.05) is 12.4 Å². The van der Waals surface area contributed by atoms with Gasteiger partial charge in [-0.05, 0) is 44.7 Å². The molecule has 9 heteroatoms. The van der Waals surface area contributed by atoms with Crippen molar-refractivity contribution < 1.29 is 23.0 Å². The van der Waals surface area contributed by atoms with Crippen LogP contribution in [0.2, 0.25) is 5.15 Å². The highest BCUT2D eigenvalue weighted by Crippen LogP contribution is 2.37. The Morgan fingerprint density at radius 1 is 1.24 bits per heavy atom. The molecule has 5 nitrogen and oxygen atoms in total. The molecule has 3 rings (SSSR count). The van der Waals surface area contributed by atoms with E-state index in [1.54, 1.807) is 12.3 Å². The van der Waals surface area contributed by atoms with E-state index in [9.17, 15) is 18.3 Å². The molecule has 2 N–H and O–H groups in total. The molecule has 0 aromatic carbocycles. The summed E-state index contributed by atoms with van der Waals surface area (Å²) in [7, 11) is 1.01. The molecule has 1 fully saturated rings. The molecule has 0 saturated heterocycles. The molecule has 0 radical (unpaired) electrons. The third kappa shape index (κ3) is 5.38. The lowest BCUT2D eigenvalue weighted by atomic mass is 9.83. The third-order valence-corrected chi connectivity index (χ3v) is 5.40. The number of methoxy groups -OCH3 is 1. The summed E-state index contributed by atoms with van der Waals surface area (Å²) in [5.74, 6) is 0. The van der Waals surface area contributed by atoms with Gasteiger partial charge in [0.1, 0.15) is 5.15 Å². The number of aliphatic hydroxyl groups is 1. The van der Waals surface area contributed by atoms with E-state index in [1.807, 2.05) is 6.92 Å². The van der Waals surface area contributed by atoms with Gasteiger partial charge in [0.15, 0.2) is 6.10 Å². The molecule has 1 unspecified atom stereocenters. The number of halogens is 4. The van der Waals surface area contributed by atoms with Gasteiger partial charge in [-0.25, -0.2) is 4.98 Å². The Morgan fingerprint density at radius 2 is 1.93 bits per heavy atom. The first-order valence-corrected chi connectivity index (χ1v) is 9.67. The highest BCUT2D eigenvalue weighted by atomic mass is 35.5. The standard InChI is InChI=1S/C20H23ClF3N3O2/c1-19(28)7-5-13(6-8-19)27-16-9-17(21)26-11-14(16)15-4-3-12(10-25-15)18(29-2)20(22,23)24/h3-4,9-11,13,18,28H,5-8H2,1-2H3,(H,26,27). The summed E-state index contributed by atoms with van der Waals surface area (Å²) in [6.45, 7) is 1.83. The smallest absolute Gasteiger partial charge is 0.390 e. The van der Waals surface area contributed by atoms with E-state index in [4.69, 9.17) is 11.6 Å². The van der Waals surface area contributed by atoms with Crippen LogP contribution >= 0.6 is 11.6 Å². The minimum atomic E-state index is -4.52. The topological polar surface area (TPSA) is 67.3 Å².